The zero-order valence-corrected chi connectivity index (χ0v) is 9.69. The lowest BCUT2D eigenvalue weighted by Crippen LogP contribution is -2.50. The van der Waals surface area contributed by atoms with E-state index in [1.54, 1.807) is 0 Å². The Labute approximate surface area is 100.0 Å². The number of hydrogen-bond acceptors (Lipinski definition) is 2. The van der Waals surface area contributed by atoms with E-state index in [-0.39, 0.29) is 23.9 Å². The van der Waals surface area contributed by atoms with Crippen molar-refractivity contribution in [3.05, 3.63) is 0 Å². The molecule has 0 saturated heterocycles. The average molecular weight is 238 g/mol. The molecule has 94 valence electrons. The molecular formula is C12H18N2O3. The van der Waals surface area contributed by atoms with Crippen molar-refractivity contribution in [3.8, 4) is 0 Å². The van der Waals surface area contributed by atoms with Crippen molar-refractivity contribution in [2.24, 2.45) is 17.8 Å². The Bertz CT molecular complexity index is 354. The van der Waals surface area contributed by atoms with Crippen molar-refractivity contribution in [2.75, 3.05) is 0 Å². The highest BCUT2D eigenvalue weighted by Gasteiger charge is 2.51. The van der Waals surface area contributed by atoms with Crippen LogP contribution in [0.25, 0.3) is 0 Å². The van der Waals surface area contributed by atoms with Crippen LogP contribution in [0.2, 0.25) is 0 Å². The summed E-state index contributed by atoms with van der Waals surface area (Å²) in [5, 5.41) is 15.0. The van der Waals surface area contributed by atoms with E-state index >= 15 is 0 Å². The van der Waals surface area contributed by atoms with Gasteiger partial charge >= 0.3 is 12.0 Å². The minimum absolute atomic E-state index is 0.162. The smallest absolute Gasteiger partial charge is 0.315 e. The second-order valence-corrected chi connectivity index (χ2v) is 5.62. The number of carbonyl (C=O) groups excluding carboxylic acids is 1. The van der Waals surface area contributed by atoms with E-state index in [0.29, 0.717) is 12.0 Å². The van der Waals surface area contributed by atoms with Gasteiger partial charge in [-0.25, -0.2) is 4.79 Å². The number of aliphatic carboxylic acids is 1. The number of amides is 2. The molecule has 2 bridgehead atoms. The van der Waals surface area contributed by atoms with E-state index in [1.165, 1.54) is 0 Å². The molecule has 0 aromatic rings. The van der Waals surface area contributed by atoms with Crippen molar-refractivity contribution in [3.63, 3.8) is 0 Å². The van der Waals surface area contributed by atoms with Crippen molar-refractivity contribution < 1.29 is 14.7 Å². The second kappa shape index (κ2) is 3.89. The van der Waals surface area contributed by atoms with Gasteiger partial charge in [0.05, 0.1) is 5.92 Å². The number of hydrogen-bond donors (Lipinski definition) is 3. The van der Waals surface area contributed by atoms with Crippen molar-refractivity contribution in [1.82, 2.24) is 10.6 Å². The van der Waals surface area contributed by atoms with Crippen LogP contribution >= 0.6 is 0 Å². The van der Waals surface area contributed by atoms with Crippen LogP contribution in [-0.4, -0.2) is 29.2 Å². The molecule has 5 heteroatoms. The van der Waals surface area contributed by atoms with Crippen LogP contribution < -0.4 is 10.6 Å². The predicted octanol–water partition coefficient (Wildman–Crippen LogP) is 0.947. The Balaban J connectivity index is 1.63. The molecule has 3 aliphatic rings. The summed E-state index contributed by atoms with van der Waals surface area (Å²) in [6.07, 6.45) is 5.12. The van der Waals surface area contributed by atoms with E-state index in [4.69, 9.17) is 0 Å². The summed E-state index contributed by atoms with van der Waals surface area (Å²) in [4.78, 5) is 22.9. The monoisotopic (exact) mass is 238 g/mol. The highest BCUT2D eigenvalue weighted by Crippen LogP contribution is 2.48. The fourth-order valence-electron chi connectivity index (χ4n) is 3.46. The number of nitrogens with one attached hydrogen (secondary N) is 2. The van der Waals surface area contributed by atoms with Crippen molar-refractivity contribution in [1.29, 1.82) is 0 Å². The van der Waals surface area contributed by atoms with E-state index in [0.717, 1.165) is 32.1 Å². The molecule has 4 atom stereocenters. The van der Waals surface area contributed by atoms with Gasteiger partial charge in [0, 0.05) is 12.1 Å². The highest BCUT2D eigenvalue weighted by molar-refractivity contribution is 5.78. The first-order valence-electron chi connectivity index (χ1n) is 6.45. The van der Waals surface area contributed by atoms with Gasteiger partial charge in [0.2, 0.25) is 0 Å². The molecule has 0 aliphatic heterocycles. The van der Waals surface area contributed by atoms with Crippen LogP contribution in [0, 0.1) is 17.8 Å². The van der Waals surface area contributed by atoms with E-state index in [1.807, 2.05) is 0 Å². The van der Waals surface area contributed by atoms with Crippen LogP contribution in [0.3, 0.4) is 0 Å². The molecule has 17 heavy (non-hydrogen) atoms. The van der Waals surface area contributed by atoms with Gasteiger partial charge in [0.1, 0.15) is 0 Å². The molecule has 0 aromatic heterocycles. The molecule has 0 aromatic carbocycles. The minimum atomic E-state index is -0.756. The molecule has 3 fully saturated rings. The lowest BCUT2D eigenvalue weighted by Gasteiger charge is -2.28. The Morgan fingerprint density at radius 1 is 1.00 bits per heavy atom. The number of fused-ring (bicyclic) bond motifs is 2. The summed E-state index contributed by atoms with van der Waals surface area (Å²) in [7, 11) is 0. The molecular weight excluding hydrogens is 220 g/mol. The maximum atomic E-state index is 11.7. The standard InChI is InChI=1S/C12H18N2O3/c15-11(16)9-6-1-2-7(5-6)10(9)14-12(17)13-8-3-4-8/h6-10H,1-5H2,(H,15,16)(H2,13,14,17). The summed E-state index contributed by atoms with van der Waals surface area (Å²) < 4.78 is 0. The zero-order valence-electron chi connectivity index (χ0n) is 9.69. The molecule has 3 aliphatic carbocycles. The van der Waals surface area contributed by atoms with Gasteiger partial charge in [-0.15, -0.1) is 0 Å². The molecule has 0 heterocycles. The third-order valence-electron chi connectivity index (χ3n) is 4.41. The van der Waals surface area contributed by atoms with Gasteiger partial charge in [-0.1, -0.05) is 0 Å². The second-order valence-electron chi connectivity index (χ2n) is 5.62. The number of carboxylic acid groups (broad SMARTS) is 1. The van der Waals surface area contributed by atoms with Gasteiger partial charge < -0.3 is 15.7 Å². The Hall–Kier alpha value is -1.26. The molecule has 3 N–H and O–H groups in total. The lowest BCUT2D eigenvalue weighted by atomic mass is 9.84. The van der Waals surface area contributed by atoms with Gasteiger partial charge in [-0.05, 0) is 43.9 Å². The fourth-order valence-corrected chi connectivity index (χ4v) is 3.46. The Morgan fingerprint density at radius 3 is 2.35 bits per heavy atom. The van der Waals surface area contributed by atoms with Crippen LogP contribution in [0.4, 0.5) is 4.79 Å². The third-order valence-corrected chi connectivity index (χ3v) is 4.41. The Kier molecular flexibility index (Phi) is 2.49. The molecule has 2 amide bonds. The summed E-state index contributed by atoms with van der Waals surface area (Å²) in [5.74, 6) is -0.498. The lowest BCUT2D eigenvalue weighted by molar-refractivity contribution is -0.144. The molecule has 0 radical (unpaired) electrons. The van der Waals surface area contributed by atoms with Crippen LogP contribution in [0.1, 0.15) is 32.1 Å². The number of rotatable bonds is 3. The van der Waals surface area contributed by atoms with E-state index in [2.05, 4.69) is 10.6 Å². The first-order valence-corrected chi connectivity index (χ1v) is 6.45. The maximum absolute atomic E-state index is 11.7. The molecule has 3 saturated carbocycles. The third kappa shape index (κ3) is 1.98. The normalized spacial score (nSPS) is 39.1. The number of carbonyl (C=O) groups is 2. The van der Waals surface area contributed by atoms with E-state index < -0.39 is 5.97 Å². The van der Waals surface area contributed by atoms with Crippen LogP contribution in [-0.2, 0) is 4.79 Å². The van der Waals surface area contributed by atoms with E-state index in [9.17, 15) is 14.7 Å². The van der Waals surface area contributed by atoms with Crippen molar-refractivity contribution in [2.45, 2.75) is 44.2 Å². The van der Waals surface area contributed by atoms with Crippen molar-refractivity contribution >= 4 is 12.0 Å². The number of urea groups is 1. The average Bonchev–Trinajstić information content (AvgIpc) is 2.85. The SMILES string of the molecule is O=C(NC1CC1)NC1C2CCC(C2)C1C(=O)O. The van der Waals surface area contributed by atoms with Gasteiger partial charge in [-0.2, -0.15) is 0 Å². The molecule has 4 unspecified atom stereocenters. The first kappa shape index (κ1) is 10.9. The number of carboxylic acids is 1. The van der Waals surface area contributed by atoms with Gasteiger partial charge in [0.15, 0.2) is 0 Å². The predicted molar refractivity (Wildman–Crippen MR) is 60.4 cm³/mol. The highest BCUT2D eigenvalue weighted by atomic mass is 16.4. The summed E-state index contributed by atoms with van der Waals surface area (Å²) >= 11 is 0. The largest absolute Gasteiger partial charge is 0.481 e. The van der Waals surface area contributed by atoms with Gasteiger partial charge in [0.25, 0.3) is 0 Å². The fraction of sp³-hybridized carbons (Fsp3) is 0.833. The summed E-state index contributed by atoms with van der Waals surface area (Å²) in [5.41, 5.74) is 0. The summed E-state index contributed by atoms with van der Waals surface area (Å²) in [6, 6.07) is -0.0295. The zero-order chi connectivity index (χ0) is 12.0. The quantitative estimate of drug-likeness (QED) is 0.685. The Morgan fingerprint density at radius 2 is 1.71 bits per heavy atom. The molecule has 5 nitrogen and oxygen atoms in total. The summed E-state index contributed by atoms with van der Waals surface area (Å²) in [6.45, 7) is 0. The first-order chi connectivity index (χ1) is 8.15. The minimum Gasteiger partial charge on any atom is -0.481 e. The topological polar surface area (TPSA) is 78.4 Å². The van der Waals surface area contributed by atoms with Gasteiger partial charge in [-0.3, -0.25) is 4.79 Å². The van der Waals surface area contributed by atoms with Crippen LogP contribution in [0.5, 0.6) is 0 Å². The molecule has 3 rings (SSSR count). The maximum Gasteiger partial charge on any atom is 0.315 e. The molecule has 0 spiro atoms. The van der Waals surface area contributed by atoms with Crippen LogP contribution in [0.15, 0.2) is 0 Å².